The van der Waals surface area contributed by atoms with Crippen molar-refractivity contribution in [1.82, 2.24) is 35.1 Å². The van der Waals surface area contributed by atoms with E-state index in [9.17, 15) is 4.79 Å². The number of hydrogen-bond acceptors (Lipinski definition) is 9. The summed E-state index contributed by atoms with van der Waals surface area (Å²) in [5, 5.41) is 12.7. The van der Waals surface area contributed by atoms with E-state index in [4.69, 9.17) is 9.47 Å². The van der Waals surface area contributed by atoms with Gasteiger partial charge in [-0.25, -0.2) is 4.98 Å². The molecule has 0 bridgehead atoms. The first-order valence-electron chi connectivity index (χ1n) is 10.6. The Morgan fingerprint density at radius 1 is 1.00 bits per heavy atom. The first-order chi connectivity index (χ1) is 16.2. The molecule has 0 saturated carbocycles. The third-order valence-corrected chi connectivity index (χ3v) is 5.74. The van der Waals surface area contributed by atoms with E-state index in [1.54, 1.807) is 23.9 Å². The van der Waals surface area contributed by atoms with Crippen LogP contribution in [-0.4, -0.2) is 75.5 Å². The molecule has 33 heavy (non-hydrogen) atoms. The molecule has 11 heteroatoms. The zero-order chi connectivity index (χ0) is 22.8. The van der Waals surface area contributed by atoms with Gasteiger partial charge in [-0.3, -0.25) is 9.69 Å². The van der Waals surface area contributed by atoms with E-state index in [0.717, 1.165) is 37.8 Å². The molecule has 3 heterocycles. The number of H-pyrrole nitrogens is 1. The second kappa shape index (κ2) is 8.87. The zero-order valence-electron chi connectivity index (χ0n) is 18.4. The fraction of sp³-hybridized carbons (Fsp3) is 0.318. The SMILES string of the molecule is COc1cc2nc(CN3CCN(c4nnnn4-c4ccccc4)CC3)[nH]c(=O)c2cc1OC. The molecule has 1 aliphatic rings. The molecule has 0 aliphatic carbocycles. The molecule has 0 atom stereocenters. The van der Waals surface area contributed by atoms with Gasteiger partial charge in [-0.05, 0) is 28.6 Å². The smallest absolute Gasteiger partial charge is 0.258 e. The molecule has 1 fully saturated rings. The van der Waals surface area contributed by atoms with E-state index in [-0.39, 0.29) is 5.56 Å². The molecule has 1 aliphatic heterocycles. The van der Waals surface area contributed by atoms with Gasteiger partial charge in [0.2, 0.25) is 5.95 Å². The molecular weight excluding hydrogens is 424 g/mol. The number of piperazine rings is 1. The van der Waals surface area contributed by atoms with Crippen molar-refractivity contribution in [2.45, 2.75) is 6.54 Å². The van der Waals surface area contributed by atoms with E-state index in [2.05, 4.69) is 35.3 Å². The predicted octanol–water partition coefficient (Wildman–Crippen LogP) is 1.24. The van der Waals surface area contributed by atoms with Crippen LogP contribution in [0.4, 0.5) is 5.95 Å². The summed E-state index contributed by atoms with van der Waals surface area (Å²) in [4.78, 5) is 24.6. The summed E-state index contributed by atoms with van der Waals surface area (Å²) >= 11 is 0. The van der Waals surface area contributed by atoms with Crippen LogP contribution in [0.25, 0.3) is 16.6 Å². The Hall–Kier alpha value is -3.99. The minimum atomic E-state index is -0.198. The number of ether oxygens (including phenoxy) is 2. The van der Waals surface area contributed by atoms with Crippen molar-refractivity contribution in [2.75, 3.05) is 45.3 Å². The van der Waals surface area contributed by atoms with E-state index < -0.39 is 0 Å². The molecule has 2 aromatic carbocycles. The van der Waals surface area contributed by atoms with E-state index in [1.807, 2.05) is 30.3 Å². The average Bonchev–Trinajstić information content (AvgIpc) is 3.34. The number of methoxy groups -OCH3 is 2. The van der Waals surface area contributed by atoms with Gasteiger partial charge in [0.25, 0.3) is 5.56 Å². The van der Waals surface area contributed by atoms with Crippen LogP contribution < -0.4 is 19.9 Å². The molecule has 0 spiro atoms. The van der Waals surface area contributed by atoms with Crippen LogP contribution in [-0.2, 0) is 6.54 Å². The van der Waals surface area contributed by atoms with E-state index >= 15 is 0 Å². The highest BCUT2D eigenvalue weighted by Gasteiger charge is 2.23. The first kappa shape index (κ1) is 20.9. The largest absolute Gasteiger partial charge is 0.493 e. The van der Waals surface area contributed by atoms with Gasteiger partial charge in [0.05, 0.1) is 37.4 Å². The lowest BCUT2D eigenvalue weighted by Crippen LogP contribution is -2.47. The number of anilines is 1. The van der Waals surface area contributed by atoms with Gasteiger partial charge in [0.15, 0.2) is 11.5 Å². The third kappa shape index (κ3) is 4.10. The Morgan fingerprint density at radius 3 is 2.45 bits per heavy atom. The number of fused-ring (bicyclic) bond motifs is 1. The Kier molecular flexibility index (Phi) is 5.61. The summed E-state index contributed by atoms with van der Waals surface area (Å²) < 4.78 is 12.4. The fourth-order valence-electron chi connectivity index (χ4n) is 4.02. The number of hydrogen-bond donors (Lipinski definition) is 1. The van der Waals surface area contributed by atoms with E-state index in [0.29, 0.717) is 34.8 Å². The summed E-state index contributed by atoms with van der Waals surface area (Å²) in [6, 6.07) is 13.2. The minimum Gasteiger partial charge on any atom is -0.493 e. The molecule has 0 radical (unpaired) electrons. The van der Waals surface area contributed by atoms with Crippen LogP contribution in [0.3, 0.4) is 0 Å². The summed E-state index contributed by atoms with van der Waals surface area (Å²) in [5.41, 5.74) is 1.30. The Morgan fingerprint density at radius 2 is 1.73 bits per heavy atom. The Labute approximate surface area is 189 Å². The fourth-order valence-corrected chi connectivity index (χ4v) is 4.02. The van der Waals surface area contributed by atoms with Gasteiger partial charge in [0, 0.05) is 32.2 Å². The van der Waals surface area contributed by atoms with Gasteiger partial charge in [0.1, 0.15) is 5.82 Å². The molecule has 11 nitrogen and oxygen atoms in total. The van der Waals surface area contributed by atoms with Gasteiger partial charge in [-0.1, -0.05) is 23.3 Å². The van der Waals surface area contributed by atoms with Crippen molar-refractivity contribution >= 4 is 16.9 Å². The summed E-state index contributed by atoms with van der Waals surface area (Å²) in [6.45, 7) is 3.63. The Balaban J connectivity index is 1.30. The highest BCUT2D eigenvalue weighted by atomic mass is 16.5. The summed E-state index contributed by atoms with van der Waals surface area (Å²) in [6.07, 6.45) is 0. The number of nitrogens with one attached hydrogen (secondary N) is 1. The topological polar surface area (TPSA) is 114 Å². The molecule has 0 unspecified atom stereocenters. The van der Waals surface area contributed by atoms with Crippen molar-refractivity contribution in [3.8, 4) is 17.2 Å². The molecular formula is C22H24N8O3. The van der Waals surface area contributed by atoms with Crippen LogP contribution in [0.1, 0.15) is 5.82 Å². The van der Waals surface area contributed by atoms with Crippen molar-refractivity contribution in [3.05, 3.63) is 58.6 Å². The highest BCUT2D eigenvalue weighted by molar-refractivity contribution is 5.81. The highest BCUT2D eigenvalue weighted by Crippen LogP contribution is 2.30. The van der Waals surface area contributed by atoms with Crippen molar-refractivity contribution in [2.24, 2.45) is 0 Å². The molecule has 5 rings (SSSR count). The molecule has 2 aromatic heterocycles. The second-order valence-corrected chi connectivity index (χ2v) is 7.73. The van der Waals surface area contributed by atoms with Crippen molar-refractivity contribution < 1.29 is 9.47 Å². The lowest BCUT2D eigenvalue weighted by molar-refractivity contribution is 0.242. The van der Waals surface area contributed by atoms with Crippen LogP contribution in [0.5, 0.6) is 11.5 Å². The van der Waals surface area contributed by atoms with Crippen LogP contribution >= 0.6 is 0 Å². The van der Waals surface area contributed by atoms with Gasteiger partial charge >= 0.3 is 0 Å². The maximum absolute atomic E-state index is 12.6. The minimum absolute atomic E-state index is 0.198. The zero-order valence-corrected chi connectivity index (χ0v) is 18.4. The van der Waals surface area contributed by atoms with Crippen LogP contribution in [0.2, 0.25) is 0 Å². The van der Waals surface area contributed by atoms with Crippen LogP contribution in [0, 0.1) is 0 Å². The number of aromatic nitrogens is 6. The maximum Gasteiger partial charge on any atom is 0.258 e. The molecule has 1 saturated heterocycles. The van der Waals surface area contributed by atoms with Gasteiger partial charge in [-0.2, -0.15) is 4.68 Å². The van der Waals surface area contributed by atoms with E-state index in [1.165, 1.54) is 7.11 Å². The quantitative estimate of drug-likeness (QED) is 0.465. The number of rotatable bonds is 6. The predicted molar refractivity (Wildman–Crippen MR) is 122 cm³/mol. The third-order valence-electron chi connectivity index (χ3n) is 5.74. The number of aromatic amines is 1. The summed E-state index contributed by atoms with van der Waals surface area (Å²) in [5.74, 6) is 2.37. The number of tetrazole rings is 1. The molecule has 0 amide bonds. The number of nitrogens with zero attached hydrogens (tertiary/aromatic N) is 7. The number of benzene rings is 2. The standard InChI is InChI=1S/C22H24N8O3/c1-32-18-12-16-17(13-19(18)33-2)23-20(24-21(16)31)14-28-8-10-29(11-9-28)22-25-26-27-30(22)15-6-4-3-5-7-15/h3-7,12-13H,8-11,14H2,1-2H3,(H,23,24,31). The average molecular weight is 448 g/mol. The monoisotopic (exact) mass is 448 g/mol. The molecule has 4 aromatic rings. The van der Waals surface area contributed by atoms with Gasteiger partial charge < -0.3 is 19.4 Å². The van der Waals surface area contributed by atoms with Gasteiger partial charge in [-0.15, -0.1) is 0 Å². The molecule has 170 valence electrons. The van der Waals surface area contributed by atoms with Crippen molar-refractivity contribution in [1.29, 1.82) is 0 Å². The maximum atomic E-state index is 12.6. The lowest BCUT2D eigenvalue weighted by Gasteiger charge is -2.34. The first-order valence-corrected chi connectivity index (χ1v) is 10.6. The normalized spacial score (nSPS) is 14.5. The number of para-hydroxylation sites is 1. The summed E-state index contributed by atoms with van der Waals surface area (Å²) in [7, 11) is 3.10. The van der Waals surface area contributed by atoms with Crippen LogP contribution in [0.15, 0.2) is 47.3 Å². The second-order valence-electron chi connectivity index (χ2n) is 7.73. The Bertz CT molecular complexity index is 1310. The lowest BCUT2D eigenvalue weighted by atomic mass is 10.2. The van der Waals surface area contributed by atoms with Crippen molar-refractivity contribution in [3.63, 3.8) is 0 Å². The molecule has 1 N–H and O–H groups in total.